The number of aliphatic hydroxyl groups is 2. The molecule has 0 saturated carbocycles. The van der Waals surface area contributed by atoms with Crippen molar-refractivity contribution in [1.82, 2.24) is 0 Å². The minimum Gasteiger partial charge on any atom is -0.394 e. The Morgan fingerprint density at radius 2 is 1.35 bits per heavy atom. The number of aliphatic hydroxyl groups excluding tert-OH is 2. The van der Waals surface area contributed by atoms with E-state index >= 15 is 0 Å². The molecule has 0 aliphatic heterocycles. The summed E-state index contributed by atoms with van der Waals surface area (Å²) in [6, 6.07) is 0. The minimum atomic E-state index is -0.447. The van der Waals surface area contributed by atoms with Crippen LogP contribution in [0.2, 0.25) is 0 Å². The van der Waals surface area contributed by atoms with Crippen molar-refractivity contribution >= 4 is 0 Å². The molecular weight excluding hydrogens is 296 g/mol. The van der Waals surface area contributed by atoms with E-state index in [1.54, 1.807) is 13.8 Å². The van der Waals surface area contributed by atoms with Gasteiger partial charge in [-0.1, -0.05) is 33.1 Å². The predicted molar refractivity (Wildman–Crippen MR) is 94.8 cm³/mol. The summed E-state index contributed by atoms with van der Waals surface area (Å²) < 4.78 is 15.8. The molecule has 0 aliphatic rings. The summed E-state index contributed by atoms with van der Waals surface area (Å²) in [5.41, 5.74) is 0. The molecule has 0 spiro atoms. The van der Waals surface area contributed by atoms with Crippen molar-refractivity contribution in [2.75, 3.05) is 33.0 Å². The lowest BCUT2D eigenvalue weighted by Crippen LogP contribution is -2.24. The molecule has 0 amide bonds. The fourth-order valence-electron chi connectivity index (χ4n) is 1.51. The molecule has 0 aromatic carbocycles. The average molecular weight is 337 g/mol. The summed E-state index contributed by atoms with van der Waals surface area (Å²) in [6.45, 7) is 12.4. The maximum absolute atomic E-state index is 8.92. The zero-order valence-electron chi connectivity index (χ0n) is 15.9. The Labute approximate surface area is 143 Å². The second kappa shape index (κ2) is 19.8. The van der Waals surface area contributed by atoms with Gasteiger partial charge in [-0.2, -0.15) is 0 Å². The van der Waals surface area contributed by atoms with E-state index in [-0.39, 0.29) is 18.8 Å². The van der Waals surface area contributed by atoms with Crippen LogP contribution in [0.5, 0.6) is 0 Å². The molecule has 23 heavy (non-hydrogen) atoms. The summed E-state index contributed by atoms with van der Waals surface area (Å²) in [5, 5.41) is 17.6. The highest BCUT2D eigenvalue weighted by atomic mass is 16.5. The summed E-state index contributed by atoms with van der Waals surface area (Å²) in [4.78, 5) is 0. The Morgan fingerprint density at radius 1 is 0.783 bits per heavy atom. The summed E-state index contributed by atoms with van der Waals surface area (Å²) in [5.74, 6) is 0. The molecule has 0 radical (unpaired) electrons. The van der Waals surface area contributed by atoms with Crippen LogP contribution in [0.3, 0.4) is 0 Å². The second-order valence-electron chi connectivity index (χ2n) is 5.99. The van der Waals surface area contributed by atoms with Crippen LogP contribution in [-0.2, 0) is 14.2 Å². The Bertz CT molecular complexity index is 204. The van der Waals surface area contributed by atoms with E-state index < -0.39 is 6.10 Å². The Balaban J connectivity index is 0. The number of unbranched alkanes of at least 4 members (excludes halogenated alkanes) is 3. The Morgan fingerprint density at radius 3 is 1.87 bits per heavy atom. The zero-order valence-corrected chi connectivity index (χ0v) is 15.9. The van der Waals surface area contributed by atoms with Gasteiger partial charge in [-0.3, -0.25) is 0 Å². The van der Waals surface area contributed by atoms with Crippen molar-refractivity contribution in [3.8, 4) is 0 Å². The lowest BCUT2D eigenvalue weighted by molar-refractivity contribution is -0.0620. The molecule has 5 heteroatoms. The van der Waals surface area contributed by atoms with Crippen molar-refractivity contribution in [3.63, 3.8) is 0 Å². The van der Waals surface area contributed by atoms with Gasteiger partial charge < -0.3 is 24.4 Å². The Kier molecular flexibility index (Phi) is 21.6. The molecule has 3 unspecified atom stereocenters. The van der Waals surface area contributed by atoms with Gasteiger partial charge >= 0.3 is 0 Å². The molecule has 142 valence electrons. The van der Waals surface area contributed by atoms with Gasteiger partial charge in [-0.05, 0) is 33.6 Å². The molecule has 0 saturated heterocycles. The van der Waals surface area contributed by atoms with Crippen molar-refractivity contribution in [1.29, 1.82) is 0 Å². The van der Waals surface area contributed by atoms with Crippen LogP contribution in [-0.4, -0.2) is 61.6 Å². The largest absolute Gasteiger partial charge is 0.394 e. The van der Waals surface area contributed by atoms with E-state index in [9.17, 15) is 0 Å². The van der Waals surface area contributed by atoms with Crippen molar-refractivity contribution in [3.05, 3.63) is 0 Å². The van der Waals surface area contributed by atoms with Crippen LogP contribution in [0.1, 0.15) is 66.7 Å². The molecule has 0 rings (SSSR count). The standard InChI is InChI=1S/C9H20O4.C9H20O/c1-7(11)5-12-9(3)6-13-8(2)4-10;1-3-5-7-9-10-8-6-4-2/h7-11H,4-6H2,1-3H3;3-9H2,1-2H3. The number of ether oxygens (including phenoxy) is 3. The average Bonchev–Trinajstić information content (AvgIpc) is 2.54. The van der Waals surface area contributed by atoms with Crippen LogP contribution in [0.4, 0.5) is 0 Å². The number of rotatable bonds is 14. The van der Waals surface area contributed by atoms with Crippen LogP contribution in [0.25, 0.3) is 0 Å². The lowest BCUT2D eigenvalue weighted by Gasteiger charge is -2.16. The zero-order chi connectivity index (χ0) is 17.9. The molecule has 3 atom stereocenters. The SMILES string of the molecule is CC(O)COC(C)COC(C)CO.CCCCCOCCCC. The second-order valence-corrected chi connectivity index (χ2v) is 5.99. The summed E-state index contributed by atoms with van der Waals surface area (Å²) in [7, 11) is 0. The molecule has 5 nitrogen and oxygen atoms in total. The molecule has 0 fully saturated rings. The quantitative estimate of drug-likeness (QED) is 0.477. The van der Waals surface area contributed by atoms with Gasteiger partial charge in [0.1, 0.15) is 0 Å². The van der Waals surface area contributed by atoms with Gasteiger partial charge in [0.15, 0.2) is 0 Å². The lowest BCUT2D eigenvalue weighted by atomic mass is 10.3. The van der Waals surface area contributed by atoms with E-state index in [1.807, 2.05) is 6.92 Å². The van der Waals surface area contributed by atoms with Crippen molar-refractivity contribution in [2.45, 2.75) is 85.0 Å². The van der Waals surface area contributed by atoms with Crippen LogP contribution in [0.15, 0.2) is 0 Å². The highest BCUT2D eigenvalue weighted by molar-refractivity contribution is 4.52. The van der Waals surface area contributed by atoms with Gasteiger partial charge in [-0.15, -0.1) is 0 Å². The van der Waals surface area contributed by atoms with Gasteiger partial charge in [0.2, 0.25) is 0 Å². The number of hydrogen-bond donors (Lipinski definition) is 2. The van der Waals surface area contributed by atoms with Crippen LogP contribution in [0, 0.1) is 0 Å². The Hall–Kier alpha value is -0.200. The van der Waals surface area contributed by atoms with E-state index in [0.29, 0.717) is 13.2 Å². The monoisotopic (exact) mass is 336 g/mol. The maximum Gasteiger partial charge on any atom is 0.0781 e. The van der Waals surface area contributed by atoms with E-state index in [0.717, 1.165) is 13.2 Å². The molecular formula is C18H40O5. The maximum atomic E-state index is 8.92. The molecule has 0 heterocycles. The van der Waals surface area contributed by atoms with Gasteiger partial charge in [0.05, 0.1) is 38.1 Å². The predicted octanol–water partition coefficient (Wildman–Crippen LogP) is 3.16. The fraction of sp³-hybridized carbons (Fsp3) is 1.00. The molecule has 2 N–H and O–H groups in total. The first-order valence-electron chi connectivity index (χ1n) is 9.07. The third-order valence-corrected chi connectivity index (χ3v) is 3.03. The minimum absolute atomic E-state index is 0.0170. The molecule has 0 aromatic rings. The van der Waals surface area contributed by atoms with Crippen molar-refractivity contribution < 1.29 is 24.4 Å². The third-order valence-electron chi connectivity index (χ3n) is 3.03. The van der Waals surface area contributed by atoms with Crippen LogP contribution < -0.4 is 0 Å². The summed E-state index contributed by atoms with van der Waals surface area (Å²) in [6.07, 6.45) is 5.64. The first kappa shape index (κ1) is 25.0. The van der Waals surface area contributed by atoms with E-state index in [4.69, 9.17) is 24.4 Å². The third kappa shape index (κ3) is 24.2. The smallest absolute Gasteiger partial charge is 0.0781 e. The van der Waals surface area contributed by atoms with Gasteiger partial charge in [0.25, 0.3) is 0 Å². The molecule has 0 bridgehead atoms. The first-order valence-corrected chi connectivity index (χ1v) is 9.07. The topological polar surface area (TPSA) is 68.2 Å². The highest BCUT2D eigenvalue weighted by Gasteiger charge is 2.07. The summed E-state index contributed by atoms with van der Waals surface area (Å²) >= 11 is 0. The number of hydrogen-bond acceptors (Lipinski definition) is 5. The normalized spacial score (nSPS) is 14.7. The van der Waals surface area contributed by atoms with Gasteiger partial charge in [-0.25, -0.2) is 0 Å². The first-order chi connectivity index (χ1) is 11.0. The molecule has 0 aliphatic carbocycles. The van der Waals surface area contributed by atoms with Crippen LogP contribution >= 0.6 is 0 Å². The van der Waals surface area contributed by atoms with Gasteiger partial charge in [0, 0.05) is 13.2 Å². The fourth-order valence-corrected chi connectivity index (χ4v) is 1.51. The molecule has 0 aromatic heterocycles. The van der Waals surface area contributed by atoms with Crippen molar-refractivity contribution in [2.24, 2.45) is 0 Å². The highest BCUT2D eigenvalue weighted by Crippen LogP contribution is 1.97. The van der Waals surface area contributed by atoms with E-state index in [2.05, 4.69) is 13.8 Å². The van der Waals surface area contributed by atoms with E-state index in [1.165, 1.54) is 32.1 Å².